The lowest BCUT2D eigenvalue weighted by Crippen LogP contribution is -2.39. The molecule has 2 fully saturated rings. The van der Waals surface area contributed by atoms with Crippen LogP contribution in [0.1, 0.15) is 51.5 Å². The van der Waals surface area contributed by atoms with Crippen molar-refractivity contribution in [1.29, 1.82) is 0 Å². The largest absolute Gasteiger partial charge is 0.356 e. The van der Waals surface area contributed by atoms with Crippen LogP contribution in [-0.4, -0.2) is 24.1 Å². The summed E-state index contributed by atoms with van der Waals surface area (Å²) in [7, 11) is 0. The smallest absolute Gasteiger partial charge is 0.141 e. The quantitative estimate of drug-likeness (QED) is 0.900. The first-order chi connectivity index (χ1) is 10.1. The molecule has 0 atom stereocenters. The second kappa shape index (κ2) is 5.91. The van der Waals surface area contributed by atoms with E-state index in [0.717, 1.165) is 31.0 Å². The van der Waals surface area contributed by atoms with Crippen LogP contribution in [0.2, 0.25) is 0 Å². The average molecular weight is 291 g/mol. The van der Waals surface area contributed by atoms with Gasteiger partial charge in [-0.1, -0.05) is 20.3 Å². The molecule has 0 aromatic carbocycles. The first-order valence-electron chi connectivity index (χ1n) is 8.22. The van der Waals surface area contributed by atoms with Gasteiger partial charge in [0, 0.05) is 31.2 Å². The van der Waals surface area contributed by atoms with E-state index in [4.69, 9.17) is 0 Å². The van der Waals surface area contributed by atoms with Gasteiger partial charge in [-0.2, -0.15) is 0 Å². The van der Waals surface area contributed by atoms with Crippen LogP contribution in [0.3, 0.4) is 0 Å². The van der Waals surface area contributed by atoms with Crippen LogP contribution in [0, 0.1) is 11.2 Å². The molecule has 0 unspecified atom stereocenters. The molecule has 1 saturated carbocycles. The van der Waals surface area contributed by atoms with Crippen molar-refractivity contribution in [2.24, 2.45) is 5.41 Å². The summed E-state index contributed by atoms with van der Waals surface area (Å²) in [5, 5.41) is 3.47. The van der Waals surface area contributed by atoms with Crippen molar-refractivity contribution in [2.45, 2.75) is 58.5 Å². The third kappa shape index (κ3) is 3.54. The lowest BCUT2D eigenvalue weighted by atomic mass is 9.78. The summed E-state index contributed by atoms with van der Waals surface area (Å²) in [6.45, 7) is 7.43. The fourth-order valence-electron chi connectivity index (χ4n) is 3.04. The van der Waals surface area contributed by atoms with Gasteiger partial charge in [0.05, 0.1) is 6.20 Å². The van der Waals surface area contributed by atoms with Gasteiger partial charge in [-0.3, -0.25) is 0 Å². The Morgan fingerprint density at radius 3 is 2.71 bits per heavy atom. The van der Waals surface area contributed by atoms with Gasteiger partial charge in [0.2, 0.25) is 0 Å². The molecule has 1 aliphatic carbocycles. The average Bonchev–Trinajstić information content (AvgIpc) is 3.31. The van der Waals surface area contributed by atoms with Crippen LogP contribution in [0.25, 0.3) is 0 Å². The van der Waals surface area contributed by atoms with Crippen LogP contribution in [0.4, 0.5) is 10.2 Å². The van der Waals surface area contributed by atoms with Crippen molar-refractivity contribution in [3.63, 3.8) is 0 Å². The molecule has 4 heteroatoms. The molecule has 1 aromatic heterocycles. The maximum absolute atomic E-state index is 13.5. The topological polar surface area (TPSA) is 28.2 Å². The predicted octanol–water partition coefficient (Wildman–Crippen LogP) is 3.49. The SMILES string of the molecule is CCC1(C)CCN(c2ncc(F)cc2CNC2CC2)CC1. The third-order valence-corrected chi connectivity index (χ3v) is 5.19. The molecular weight excluding hydrogens is 265 g/mol. The van der Waals surface area contributed by atoms with Crippen LogP contribution >= 0.6 is 0 Å². The van der Waals surface area contributed by atoms with Crippen LogP contribution in [0.5, 0.6) is 0 Å². The van der Waals surface area contributed by atoms with Crippen LogP contribution < -0.4 is 10.2 Å². The molecule has 116 valence electrons. The molecular formula is C17H26FN3. The summed E-state index contributed by atoms with van der Waals surface area (Å²) in [4.78, 5) is 6.72. The van der Waals surface area contributed by atoms with Crippen molar-refractivity contribution in [3.8, 4) is 0 Å². The van der Waals surface area contributed by atoms with Gasteiger partial charge in [-0.15, -0.1) is 0 Å². The number of halogens is 1. The third-order valence-electron chi connectivity index (χ3n) is 5.19. The molecule has 2 aliphatic rings. The van der Waals surface area contributed by atoms with Gasteiger partial charge in [0.15, 0.2) is 0 Å². The Morgan fingerprint density at radius 2 is 2.10 bits per heavy atom. The first kappa shape index (κ1) is 14.8. The van der Waals surface area contributed by atoms with Gasteiger partial charge in [-0.25, -0.2) is 9.37 Å². The summed E-state index contributed by atoms with van der Waals surface area (Å²) >= 11 is 0. The van der Waals surface area contributed by atoms with E-state index in [9.17, 15) is 4.39 Å². The molecule has 2 heterocycles. The van der Waals surface area contributed by atoms with Gasteiger partial charge >= 0.3 is 0 Å². The van der Waals surface area contributed by atoms with Crippen molar-refractivity contribution in [2.75, 3.05) is 18.0 Å². The summed E-state index contributed by atoms with van der Waals surface area (Å²) in [6.07, 6.45) is 7.46. The zero-order valence-corrected chi connectivity index (χ0v) is 13.2. The Balaban J connectivity index is 1.71. The molecule has 1 aliphatic heterocycles. The Morgan fingerprint density at radius 1 is 1.38 bits per heavy atom. The van der Waals surface area contributed by atoms with E-state index >= 15 is 0 Å². The normalized spacial score (nSPS) is 21.6. The van der Waals surface area contributed by atoms with E-state index in [1.165, 1.54) is 38.3 Å². The summed E-state index contributed by atoms with van der Waals surface area (Å²) in [5.74, 6) is 0.740. The summed E-state index contributed by atoms with van der Waals surface area (Å²) in [5.41, 5.74) is 1.46. The molecule has 21 heavy (non-hydrogen) atoms. The number of aromatic nitrogens is 1. The molecule has 1 N–H and O–H groups in total. The fraction of sp³-hybridized carbons (Fsp3) is 0.706. The molecule has 3 rings (SSSR count). The number of nitrogens with zero attached hydrogens (tertiary/aromatic N) is 2. The lowest BCUT2D eigenvalue weighted by Gasteiger charge is -2.40. The van der Waals surface area contributed by atoms with Crippen molar-refractivity contribution in [3.05, 3.63) is 23.6 Å². The Hall–Kier alpha value is -1.16. The van der Waals surface area contributed by atoms with E-state index in [1.807, 2.05) is 0 Å². The molecule has 0 bridgehead atoms. The minimum absolute atomic E-state index is 0.234. The number of hydrogen-bond acceptors (Lipinski definition) is 3. The highest BCUT2D eigenvalue weighted by molar-refractivity contribution is 5.47. The molecule has 1 saturated heterocycles. The summed E-state index contributed by atoms with van der Waals surface area (Å²) in [6, 6.07) is 2.27. The van der Waals surface area contributed by atoms with E-state index in [1.54, 1.807) is 6.07 Å². The van der Waals surface area contributed by atoms with Crippen molar-refractivity contribution in [1.82, 2.24) is 10.3 Å². The zero-order chi connectivity index (χ0) is 14.9. The molecule has 3 nitrogen and oxygen atoms in total. The van der Waals surface area contributed by atoms with Gasteiger partial charge < -0.3 is 10.2 Å². The van der Waals surface area contributed by atoms with Crippen LogP contribution in [-0.2, 0) is 6.54 Å². The maximum atomic E-state index is 13.5. The Bertz CT molecular complexity index is 491. The predicted molar refractivity (Wildman–Crippen MR) is 83.9 cm³/mol. The maximum Gasteiger partial charge on any atom is 0.141 e. The van der Waals surface area contributed by atoms with Crippen LogP contribution in [0.15, 0.2) is 12.3 Å². The minimum atomic E-state index is -0.234. The van der Waals surface area contributed by atoms with E-state index in [0.29, 0.717) is 11.5 Å². The molecule has 0 radical (unpaired) electrons. The second-order valence-electron chi connectivity index (χ2n) is 6.94. The molecule has 1 aromatic rings. The number of nitrogens with one attached hydrogen (secondary N) is 1. The highest BCUT2D eigenvalue weighted by atomic mass is 19.1. The second-order valence-corrected chi connectivity index (χ2v) is 6.94. The highest BCUT2D eigenvalue weighted by Gasteiger charge is 2.30. The van der Waals surface area contributed by atoms with Gasteiger partial charge in [0.25, 0.3) is 0 Å². The molecule has 0 spiro atoms. The van der Waals surface area contributed by atoms with E-state index < -0.39 is 0 Å². The van der Waals surface area contributed by atoms with Gasteiger partial charge in [0.1, 0.15) is 11.6 Å². The van der Waals surface area contributed by atoms with Gasteiger partial charge in [-0.05, 0) is 37.2 Å². The van der Waals surface area contributed by atoms with E-state index in [2.05, 4.69) is 29.0 Å². The zero-order valence-electron chi connectivity index (χ0n) is 13.2. The number of hydrogen-bond donors (Lipinski definition) is 1. The summed E-state index contributed by atoms with van der Waals surface area (Å²) < 4.78 is 13.5. The lowest BCUT2D eigenvalue weighted by molar-refractivity contribution is 0.237. The minimum Gasteiger partial charge on any atom is -0.356 e. The van der Waals surface area contributed by atoms with Crippen molar-refractivity contribution >= 4 is 5.82 Å². The Kier molecular flexibility index (Phi) is 4.16. The Labute approximate surface area is 126 Å². The molecule has 0 amide bonds. The van der Waals surface area contributed by atoms with Crippen molar-refractivity contribution < 1.29 is 4.39 Å². The standard InChI is InChI=1S/C17H26FN3/c1-3-17(2)6-8-21(9-7-17)16-13(10-14(18)12-20-16)11-19-15-4-5-15/h10,12,15,19H,3-9,11H2,1-2H3. The number of pyridine rings is 1. The number of anilines is 1. The van der Waals surface area contributed by atoms with E-state index in [-0.39, 0.29) is 5.82 Å². The number of rotatable bonds is 5. The monoisotopic (exact) mass is 291 g/mol. The number of piperidine rings is 1. The first-order valence-corrected chi connectivity index (χ1v) is 8.22. The highest BCUT2D eigenvalue weighted by Crippen LogP contribution is 2.36. The fourth-order valence-corrected chi connectivity index (χ4v) is 3.04.